The molecule has 1 saturated heterocycles. The number of allylic oxidation sites excluding steroid dienone is 1. The zero-order chi connectivity index (χ0) is 11.5. The summed E-state index contributed by atoms with van der Waals surface area (Å²) >= 11 is 0. The monoisotopic (exact) mass is 225 g/mol. The number of hydrogen-bond donors (Lipinski definition) is 2. The van der Waals surface area contributed by atoms with Crippen LogP contribution in [0.3, 0.4) is 0 Å². The molecule has 0 spiro atoms. The minimum atomic E-state index is -0.897. The van der Waals surface area contributed by atoms with Gasteiger partial charge in [0.1, 0.15) is 6.23 Å². The molecular weight excluding hydrogens is 210 g/mol. The molecule has 2 heterocycles. The van der Waals surface area contributed by atoms with Crippen LogP contribution in [-0.4, -0.2) is 40.0 Å². The van der Waals surface area contributed by atoms with E-state index in [2.05, 4.69) is 0 Å². The summed E-state index contributed by atoms with van der Waals surface area (Å²) in [4.78, 5) is 12.6. The van der Waals surface area contributed by atoms with Gasteiger partial charge < -0.3 is 19.8 Å². The van der Waals surface area contributed by atoms with Crippen molar-refractivity contribution in [3.8, 4) is 0 Å². The molecule has 5 nitrogen and oxygen atoms in total. The number of aliphatic hydroxyl groups is 1. The summed E-state index contributed by atoms with van der Waals surface area (Å²) in [5.74, 6) is -0.897. The Morgan fingerprint density at radius 3 is 3.00 bits per heavy atom. The highest BCUT2D eigenvalue weighted by molar-refractivity contribution is 5.87. The lowest BCUT2D eigenvalue weighted by Gasteiger charge is -2.26. The zero-order valence-electron chi connectivity index (χ0n) is 8.87. The van der Waals surface area contributed by atoms with E-state index in [1.165, 1.54) is 0 Å². The number of carbonyl (C=O) groups is 1. The molecule has 2 unspecified atom stereocenters. The quantitative estimate of drug-likeness (QED) is 0.738. The predicted octanol–water partition coefficient (Wildman–Crippen LogP) is 0.672. The summed E-state index contributed by atoms with van der Waals surface area (Å²) in [5.41, 5.74) is 0.360. The molecule has 0 aliphatic carbocycles. The van der Waals surface area contributed by atoms with Gasteiger partial charge in [0.25, 0.3) is 0 Å². The van der Waals surface area contributed by atoms with Crippen LogP contribution >= 0.6 is 0 Å². The van der Waals surface area contributed by atoms with Crippen LogP contribution in [0, 0.1) is 0 Å². The van der Waals surface area contributed by atoms with Gasteiger partial charge in [-0.15, -0.1) is 0 Å². The molecule has 1 fully saturated rings. The molecule has 2 N–H and O–H groups in total. The standard InChI is InChI=1S/C11H15NO4/c13-7-9-3-4-10(16-9)12-5-1-2-8(6-12)11(14)15/h1,5-6,9-10,13H,2-4,7H2,(H,14,15). The molecule has 2 rings (SSSR count). The summed E-state index contributed by atoms with van der Waals surface area (Å²) in [6, 6.07) is 0. The molecular formula is C11H15NO4. The predicted molar refractivity (Wildman–Crippen MR) is 56.3 cm³/mol. The Hall–Kier alpha value is -1.33. The van der Waals surface area contributed by atoms with Crippen LogP contribution in [0.1, 0.15) is 19.3 Å². The Morgan fingerprint density at radius 2 is 2.38 bits per heavy atom. The normalized spacial score (nSPS) is 29.3. The van der Waals surface area contributed by atoms with Crippen molar-refractivity contribution in [1.82, 2.24) is 4.90 Å². The van der Waals surface area contributed by atoms with E-state index in [0.717, 1.165) is 12.8 Å². The van der Waals surface area contributed by atoms with E-state index in [0.29, 0.717) is 12.0 Å². The number of ether oxygens (including phenoxy) is 1. The van der Waals surface area contributed by atoms with E-state index in [1.807, 2.05) is 6.20 Å². The van der Waals surface area contributed by atoms with Gasteiger partial charge in [-0.25, -0.2) is 4.79 Å². The lowest BCUT2D eigenvalue weighted by Crippen LogP contribution is -2.29. The van der Waals surface area contributed by atoms with Gasteiger partial charge in [-0.1, -0.05) is 6.08 Å². The fourth-order valence-corrected chi connectivity index (χ4v) is 1.94. The van der Waals surface area contributed by atoms with Gasteiger partial charge in [-0.2, -0.15) is 0 Å². The molecule has 2 aliphatic rings. The maximum Gasteiger partial charge on any atom is 0.333 e. The second-order valence-corrected chi connectivity index (χ2v) is 3.97. The van der Waals surface area contributed by atoms with Gasteiger partial charge in [-0.3, -0.25) is 0 Å². The summed E-state index contributed by atoms with van der Waals surface area (Å²) in [7, 11) is 0. The van der Waals surface area contributed by atoms with Gasteiger partial charge in [0, 0.05) is 18.8 Å². The molecule has 5 heteroatoms. The molecule has 0 aromatic rings. The van der Waals surface area contributed by atoms with E-state index >= 15 is 0 Å². The number of hydrogen-bond acceptors (Lipinski definition) is 4. The fraction of sp³-hybridized carbons (Fsp3) is 0.545. The summed E-state index contributed by atoms with van der Waals surface area (Å²) in [5, 5.41) is 17.8. The topological polar surface area (TPSA) is 70.0 Å². The number of rotatable bonds is 3. The molecule has 0 radical (unpaired) electrons. The number of nitrogens with zero attached hydrogens (tertiary/aromatic N) is 1. The molecule has 88 valence electrons. The van der Waals surface area contributed by atoms with Gasteiger partial charge in [-0.05, 0) is 12.8 Å². The second kappa shape index (κ2) is 4.67. The Kier molecular flexibility index (Phi) is 3.26. The van der Waals surface area contributed by atoms with Crippen molar-refractivity contribution in [3.05, 3.63) is 24.0 Å². The van der Waals surface area contributed by atoms with Gasteiger partial charge in [0.2, 0.25) is 0 Å². The Bertz CT molecular complexity index is 337. The van der Waals surface area contributed by atoms with E-state index in [-0.39, 0.29) is 18.9 Å². The lowest BCUT2D eigenvalue weighted by molar-refractivity contribution is -0.132. The van der Waals surface area contributed by atoms with Crippen LogP contribution in [0.2, 0.25) is 0 Å². The minimum Gasteiger partial charge on any atom is -0.478 e. The van der Waals surface area contributed by atoms with Crippen molar-refractivity contribution in [2.24, 2.45) is 0 Å². The first-order valence-corrected chi connectivity index (χ1v) is 5.35. The first-order valence-electron chi connectivity index (χ1n) is 5.35. The SMILES string of the molecule is O=C(O)C1=CN(C2CCC(CO)O2)C=CC1. The average Bonchev–Trinajstić information content (AvgIpc) is 2.77. The Labute approximate surface area is 93.6 Å². The fourth-order valence-electron chi connectivity index (χ4n) is 1.94. The van der Waals surface area contributed by atoms with E-state index in [9.17, 15) is 4.79 Å². The van der Waals surface area contributed by atoms with Crippen molar-refractivity contribution in [2.75, 3.05) is 6.61 Å². The molecule has 0 aromatic heterocycles. The second-order valence-electron chi connectivity index (χ2n) is 3.97. The van der Waals surface area contributed by atoms with Gasteiger partial charge in [0.05, 0.1) is 18.3 Å². The summed E-state index contributed by atoms with van der Waals surface area (Å²) in [6.07, 6.45) is 7.02. The third kappa shape index (κ3) is 2.25. The Balaban J connectivity index is 2.02. The van der Waals surface area contributed by atoms with Gasteiger partial charge in [0.15, 0.2) is 0 Å². The molecule has 2 aliphatic heterocycles. The van der Waals surface area contributed by atoms with Crippen LogP contribution in [0.15, 0.2) is 24.0 Å². The third-order valence-electron chi connectivity index (χ3n) is 2.82. The smallest absolute Gasteiger partial charge is 0.333 e. The average molecular weight is 225 g/mol. The first-order chi connectivity index (χ1) is 7.70. The number of carboxylic acid groups (broad SMARTS) is 1. The van der Waals surface area contributed by atoms with E-state index < -0.39 is 5.97 Å². The van der Waals surface area contributed by atoms with Crippen LogP contribution in [-0.2, 0) is 9.53 Å². The maximum atomic E-state index is 10.8. The molecule has 16 heavy (non-hydrogen) atoms. The summed E-state index contributed by atoms with van der Waals surface area (Å²) < 4.78 is 5.57. The highest BCUT2D eigenvalue weighted by Gasteiger charge is 2.28. The van der Waals surface area contributed by atoms with Crippen molar-refractivity contribution < 1.29 is 19.7 Å². The van der Waals surface area contributed by atoms with Crippen molar-refractivity contribution >= 4 is 5.97 Å². The van der Waals surface area contributed by atoms with Gasteiger partial charge >= 0.3 is 5.97 Å². The maximum absolute atomic E-state index is 10.8. The number of aliphatic hydroxyl groups excluding tert-OH is 1. The number of aliphatic carboxylic acids is 1. The minimum absolute atomic E-state index is 0.0174. The molecule has 2 atom stereocenters. The van der Waals surface area contributed by atoms with Crippen molar-refractivity contribution in [3.63, 3.8) is 0 Å². The molecule has 0 saturated carbocycles. The van der Waals surface area contributed by atoms with E-state index in [1.54, 1.807) is 17.2 Å². The van der Waals surface area contributed by atoms with Crippen molar-refractivity contribution in [2.45, 2.75) is 31.6 Å². The van der Waals surface area contributed by atoms with Crippen LogP contribution in [0.25, 0.3) is 0 Å². The highest BCUT2D eigenvalue weighted by Crippen LogP contribution is 2.25. The lowest BCUT2D eigenvalue weighted by atomic mass is 10.1. The van der Waals surface area contributed by atoms with Crippen LogP contribution < -0.4 is 0 Å². The molecule has 0 aromatic carbocycles. The summed E-state index contributed by atoms with van der Waals surface area (Å²) in [6.45, 7) is 0.0174. The number of carboxylic acids is 1. The third-order valence-corrected chi connectivity index (χ3v) is 2.82. The largest absolute Gasteiger partial charge is 0.478 e. The van der Waals surface area contributed by atoms with Crippen molar-refractivity contribution in [1.29, 1.82) is 0 Å². The van der Waals surface area contributed by atoms with E-state index in [4.69, 9.17) is 14.9 Å². The van der Waals surface area contributed by atoms with Crippen LogP contribution in [0.5, 0.6) is 0 Å². The molecule has 0 amide bonds. The highest BCUT2D eigenvalue weighted by atomic mass is 16.5. The Morgan fingerprint density at radius 1 is 1.56 bits per heavy atom. The zero-order valence-corrected chi connectivity index (χ0v) is 8.87. The first kappa shape index (κ1) is 11.2. The van der Waals surface area contributed by atoms with Crippen LogP contribution in [0.4, 0.5) is 0 Å². The molecule has 0 bridgehead atoms.